The Hall–Kier alpha value is -2.66. The van der Waals surface area contributed by atoms with Crippen molar-refractivity contribution in [2.75, 3.05) is 0 Å². The van der Waals surface area contributed by atoms with E-state index in [1.807, 2.05) is 0 Å². The number of aldehydes is 1. The number of fused-ring (bicyclic) bond motifs is 1. The second kappa shape index (κ2) is 5.03. The summed E-state index contributed by atoms with van der Waals surface area (Å²) in [6, 6.07) is 10.1. The average molecular weight is 300 g/mol. The van der Waals surface area contributed by atoms with E-state index >= 15 is 0 Å². The molecule has 0 spiro atoms. The van der Waals surface area contributed by atoms with Gasteiger partial charge in [0.15, 0.2) is 0 Å². The van der Waals surface area contributed by atoms with Gasteiger partial charge < -0.3 is 10.7 Å². The molecule has 5 nitrogen and oxygen atoms in total. The molecule has 0 saturated heterocycles. The zero-order chi connectivity index (χ0) is 15.0. The lowest BCUT2D eigenvalue weighted by atomic mass is 10.1. The van der Waals surface area contributed by atoms with Crippen LogP contribution >= 0.6 is 11.6 Å². The summed E-state index contributed by atoms with van der Waals surface area (Å²) in [4.78, 5) is 29.6. The fraction of sp³-hybridized carbons (Fsp3) is 0. The van der Waals surface area contributed by atoms with E-state index in [1.165, 1.54) is 6.07 Å². The Labute approximate surface area is 124 Å². The number of hydrogen-bond donors (Lipinski definition) is 2. The third-order valence-electron chi connectivity index (χ3n) is 3.14. The highest BCUT2D eigenvalue weighted by atomic mass is 35.5. The van der Waals surface area contributed by atoms with E-state index in [9.17, 15) is 9.59 Å². The van der Waals surface area contributed by atoms with Crippen LogP contribution in [0, 0.1) is 0 Å². The number of carbonyl (C=O) groups is 2. The molecule has 1 heterocycles. The summed E-state index contributed by atoms with van der Waals surface area (Å²) >= 11 is 5.97. The molecule has 0 fully saturated rings. The Kier molecular flexibility index (Phi) is 3.19. The van der Waals surface area contributed by atoms with Crippen molar-refractivity contribution >= 4 is 34.8 Å². The molecular weight excluding hydrogens is 290 g/mol. The minimum Gasteiger partial charge on any atom is -0.366 e. The minimum absolute atomic E-state index is 0.268. The Balaban J connectivity index is 2.18. The second-order valence-corrected chi connectivity index (χ2v) is 4.98. The van der Waals surface area contributed by atoms with E-state index < -0.39 is 5.91 Å². The number of halogens is 1. The number of aromatic nitrogens is 2. The molecule has 0 radical (unpaired) electrons. The van der Waals surface area contributed by atoms with Crippen LogP contribution in [-0.4, -0.2) is 22.2 Å². The second-order valence-electron chi connectivity index (χ2n) is 4.54. The van der Waals surface area contributed by atoms with Crippen molar-refractivity contribution in [3.63, 3.8) is 0 Å². The monoisotopic (exact) mass is 299 g/mol. The number of rotatable bonds is 3. The first kappa shape index (κ1) is 13.3. The molecule has 3 rings (SSSR count). The number of benzene rings is 2. The van der Waals surface area contributed by atoms with Gasteiger partial charge in [0.05, 0.1) is 11.1 Å². The Morgan fingerprint density at radius 1 is 1.24 bits per heavy atom. The van der Waals surface area contributed by atoms with E-state index in [4.69, 9.17) is 17.3 Å². The zero-order valence-electron chi connectivity index (χ0n) is 10.8. The molecule has 6 heteroatoms. The highest BCUT2D eigenvalue weighted by Gasteiger charge is 2.13. The van der Waals surface area contributed by atoms with Gasteiger partial charge in [0.1, 0.15) is 17.6 Å². The van der Waals surface area contributed by atoms with Crippen LogP contribution in [0.15, 0.2) is 36.4 Å². The molecule has 0 unspecified atom stereocenters. The minimum atomic E-state index is -0.586. The summed E-state index contributed by atoms with van der Waals surface area (Å²) in [6.07, 6.45) is 0.771. The smallest absolute Gasteiger partial charge is 0.251 e. The van der Waals surface area contributed by atoms with E-state index in [0.717, 1.165) is 11.8 Å². The predicted molar refractivity (Wildman–Crippen MR) is 80.4 cm³/mol. The number of hydrogen-bond acceptors (Lipinski definition) is 3. The summed E-state index contributed by atoms with van der Waals surface area (Å²) in [7, 11) is 0. The Bertz CT molecular complexity index is 853. The molecule has 3 aromatic rings. The van der Waals surface area contributed by atoms with Gasteiger partial charge in [-0.25, -0.2) is 4.98 Å². The predicted octanol–water partition coefficient (Wildman–Crippen LogP) is 2.79. The first-order chi connectivity index (χ1) is 10.1. The number of nitrogens with zero attached hydrogens (tertiary/aromatic N) is 1. The van der Waals surface area contributed by atoms with Crippen LogP contribution in [0.4, 0.5) is 0 Å². The Morgan fingerprint density at radius 3 is 2.57 bits per heavy atom. The van der Waals surface area contributed by atoms with Crippen molar-refractivity contribution in [3.05, 3.63) is 52.5 Å². The van der Waals surface area contributed by atoms with Gasteiger partial charge in [-0.15, -0.1) is 0 Å². The van der Waals surface area contributed by atoms with Crippen molar-refractivity contribution in [2.45, 2.75) is 0 Å². The first-order valence-corrected chi connectivity index (χ1v) is 6.51. The maximum Gasteiger partial charge on any atom is 0.251 e. The van der Waals surface area contributed by atoms with Gasteiger partial charge in [0.2, 0.25) is 0 Å². The van der Waals surface area contributed by atoms with E-state index in [0.29, 0.717) is 27.4 Å². The molecule has 0 atom stereocenters. The first-order valence-electron chi connectivity index (χ1n) is 6.13. The molecule has 3 N–H and O–H groups in total. The maximum atomic E-state index is 11.5. The molecule has 1 aromatic heterocycles. The van der Waals surface area contributed by atoms with Crippen LogP contribution in [0.1, 0.15) is 20.7 Å². The lowest BCUT2D eigenvalue weighted by Crippen LogP contribution is -2.11. The number of primary amides is 1. The number of nitrogens with one attached hydrogen (secondary N) is 1. The van der Waals surface area contributed by atoms with Crippen molar-refractivity contribution in [3.8, 4) is 11.4 Å². The highest BCUT2D eigenvalue weighted by Crippen LogP contribution is 2.26. The molecule has 0 aliphatic heterocycles. The van der Waals surface area contributed by atoms with Gasteiger partial charge in [-0.3, -0.25) is 9.59 Å². The molecule has 2 aromatic carbocycles. The van der Waals surface area contributed by atoms with Crippen LogP contribution < -0.4 is 5.73 Å². The molecular formula is C15H10ClN3O2. The van der Waals surface area contributed by atoms with E-state index in [2.05, 4.69) is 9.97 Å². The Morgan fingerprint density at radius 2 is 1.95 bits per heavy atom. The number of nitrogens with two attached hydrogens (primary N) is 1. The maximum absolute atomic E-state index is 11.5. The largest absolute Gasteiger partial charge is 0.366 e. The number of aromatic amines is 1. The third kappa shape index (κ3) is 2.39. The molecule has 0 saturated carbocycles. The quantitative estimate of drug-likeness (QED) is 0.729. The molecule has 0 bridgehead atoms. The standard InChI is InChI=1S/C15H10ClN3O2/c16-10-5-11(14(17)21)13-12(6-10)18-15(19-13)9-3-1-8(7-20)2-4-9/h1-7H,(H2,17,21)(H,18,19). The van der Waals surface area contributed by atoms with Crippen LogP contribution in [0.25, 0.3) is 22.4 Å². The van der Waals surface area contributed by atoms with E-state index in [-0.39, 0.29) is 5.56 Å². The summed E-state index contributed by atoms with van der Waals surface area (Å²) in [5.74, 6) is -0.0101. The fourth-order valence-corrected chi connectivity index (χ4v) is 2.34. The van der Waals surface area contributed by atoms with Crippen LogP contribution in [-0.2, 0) is 0 Å². The van der Waals surface area contributed by atoms with Crippen LogP contribution in [0.3, 0.4) is 0 Å². The topological polar surface area (TPSA) is 88.8 Å². The normalized spacial score (nSPS) is 10.7. The zero-order valence-corrected chi connectivity index (χ0v) is 11.5. The number of H-pyrrole nitrogens is 1. The third-order valence-corrected chi connectivity index (χ3v) is 3.36. The van der Waals surface area contributed by atoms with Crippen molar-refractivity contribution in [2.24, 2.45) is 5.73 Å². The summed E-state index contributed by atoms with van der Waals surface area (Å²) in [6.45, 7) is 0. The van der Waals surface area contributed by atoms with Crippen molar-refractivity contribution < 1.29 is 9.59 Å². The SMILES string of the molecule is NC(=O)c1cc(Cl)cc2[nH]c(-c3ccc(C=O)cc3)nc12. The fourth-order valence-electron chi connectivity index (χ4n) is 2.13. The lowest BCUT2D eigenvalue weighted by molar-refractivity contribution is 0.100. The lowest BCUT2D eigenvalue weighted by Gasteiger charge is -1.97. The van der Waals surface area contributed by atoms with Crippen LogP contribution in [0.5, 0.6) is 0 Å². The number of carbonyl (C=O) groups excluding carboxylic acids is 2. The summed E-state index contributed by atoms with van der Waals surface area (Å²) < 4.78 is 0. The van der Waals surface area contributed by atoms with Gasteiger partial charge in [0.25, 0.3) is 5.91 Å². The van der Waals surface area contributed by atoms with Gasteiger partial charge in [-0.05, 0) is 12.1 Å². The summed E-state index contributed by atoms with van der Waals surface area (Å²) in [5.41, 5.74) is 8.09. The van der Waals surface area contributed by atoms with Crippen molar-refractivity contribution in [1.29, 1.82) is 0 Å². The van der Waals surface area contributed by atoms with Gasteiger partial charge >= 0.3 is 0 Å². The molecule has 104 valence electrons. The molecule has 21 heavy (non-hydrogen) atoms. The number of amides is 1. The number of imidazole rings is 1. The van der Waals surface area contributed by atoms with Gasteiger partial charge in [-0.1, -0.05) is 35.9 Å². The average Bonchev–Trinajstić information content (AvgIpc) is 2.90. The molecule has 1 amide bonds. The van der Waals surface area contributed by atoms with E-state index in [1.54, 1.807) is 30.3 Å². The van der Waals surface area contributed by atoms with Crippen LogP contribution in [0.2, 0.25) is 5.02 Å². The summed E-state index contributed by atoms with van der Waals surface area (Å²) in [5, 5.41) is 0.405. The van der Waals surface area contributed by atoms with Crippen molar-refractivity contribution in [1.82, 2.24) is 9.97 Å². The van der Waals surface area contributed by atoms with Gasteiger partial charge in [0, 0.05) is 16.1 Å². The molecule has 0 aliphatic carbocycles. The van der Waals surface area contributed by atoms with Gasteiger partial charge in [-0.2, -0.15) is 0 Å². The molecule has 0 aliphatic rings. The highest BCUT2D eigenvalue weighted by molar-refractivity contribution is 6.32.